The first-order valence-electron chi connectivity index (χ1n) is 5.75. The van der Waals surface area contributed by atoms with Gasteiger partial charge in [0.1, 0.15) is 0 Å². The van der Waals surface area contributed by atoms with Gasteiger partial charge in [-0.1, -0.05) is 18.2 Å². The summed E-state index contributed by atoms with van der Waals surface area (Å²) in [5.41, 5.74) is 0.203. The third kappa shape index (κ3) is 3.93. The van der Waals surface area contributed by atoms with Crippen LogP contribution in [0.3, 0.4) is 0 Å². The molecule has 1 N–H and O–H groups in total. The molecule has 0 unspecified atom stereocenters. The molecule has 0 bridgehead atoms. The molecular weight excluding hydrogens is 254 g/mol. The molecule has 92 valence electrons. The number of benzene rings is 1. The third-order valence-corrected chi connectivity index (χ3v) is 4.59. The molecule has 1 saturated carbocycles. The predicted molar refractivity (Wildman–Crippen MR) is 72.6 cm³/mol. The van der Waals surface area contributed by atoms with Crippen LogP contribution >= 0.6 is 23.4 Å². The number of thioether (sulfide) groups is 1. The van der Waals surface area contributed by atoms with Crippen LogP contribution in [0.2, 0.25) is 0 Å². The highest BCUT2D eigenvalue weighted by Gasteiger charge is 2.41. The first kappa shape index (κ1) is 12.8. The lowest BCUT2D eigenvalue weighted by molar-refractivity contribution is -0.118. The highest BCUT2D eigenvalue weighted by Crippen LogP contribution is 2.45. The lowest BCUT2D eigenvalue weighted by atomic mass is 10.1. The largest absolute Gasteiger partial charge is 0.355 e. The number of hydrogen-bond donors (Lipinski definition) is 1. The molecule has 2 nitrogen and oxygen atoms in total. The molecule has 0 atom stereocenters. The molecule has 0 spiro atoms. The van der Waals surface area contributed by atoms with Gasteiger partial charge in [-0.05, 0) is 25.0 Å². The number of carbonyl (C=O) groups excluding carboxylic acids is 1. The van der Waals surface area contributed by atoms with E-state index in [0.29, 0.717) is 11.6 Å². The van der Waals surface area contributed by atoms with Crippen molar-refractivity contribution in [3.63, 3.8) is 0 Å². The zero-order chi connectivity index (χ0) is 12.1. The van der Waals surface area contributed by atoms with Crippen molar-refractivity contribution >= 4 is 29.3 Å². The Morgan fingerprint density at radius 1 is 1.35 bits per heavy atom. The molecule has 1 fully saturated rings. The number of amides is 1. The van der Waals surface area contributed by atoms with Crippen molar-refractivity contribution in [3.8, 4) is 0 Å². The summed E-state index contributed by atoms with van der Waals surface area (Å²) in [6.07, 6.45) is 2.28. The van der Waals surface area contributed by atoms with E-state index < -0.39 is 0 Å². The van der Waals surface area contributed by atoms with E-state index in [1.165, 1.54) is 0 Å². The quantitative estimate of drug-likeness (QED) is 0.636. The molecule has 0 aliphatic heterocycles. The van der Waals surface area contributed by atoms with Crippen LogP contribution in [0.1, 0.15) is 12.8 Å². The first-order valence-corrected chi connectivity index (χ1v) is 7.27. The van der Waals surface area contributed by atoms with Crippen molar-refractivity contribution in [1.29, 1.82) is 0 Å². The summed E-state index contributed by atoms with van der Waals surface area (Å²) >= 11 is 7.42. The van der Waals surface area contributed by atoms with Gasteiger partial charge in [-0.15, -0.1) is 23.4 Å². The van der Waals surface area contributed by atoms with Crippen LogP contribution in [-0.2, 0) is 4.79 Å². The van der Waals surface area contributed by atoms with Crippen molar-refractivity contribution in [1.82, 2.24) is 5.32 Å². The number of alkyl halides is 1. The molecule has 0 radical (unpaired) electrons. The van der Waals surface area contributed by atoms with E-state index >= 15 is 0 Å². The van der Waals surface area contributed by atoms with Crippen LogP contribution in [0, 0.1) is 5.41 Å². The molecule has 1 aromatic carbocycles. The number of carbonyl (C=O) groups is 1. The summed E-state index contributed by atoms with van der Waals surface area (Å²) in [6, 6.07) is 9.96. The lowest BCUT2D eigenvalue weighted by Gasteiger charge is -2.12. The van der Waals surface area contributed by atoms with Gasteiger partial charge in [-0.3, -0.25) is 4.79 Å². The Labute approximate surface area is 111 Å². The van der Waals surface area contributed by atoms with E-state index in [9.17, 15) is 4.79 Å². The minimum Gasteiger partial charge on any atom is -0.355 e. The van der Waals surface area contributed by atoms with Gasteiger partial charge in [0, 0.05) is 22.7 Å². The average molecular weight is 270 g/mol. The zero-order valence-corrected chi connectivity index (χ0v) is 11.2. The van der Waals surface area contributed by atoms with Gasteiger partial charge < -0.3 is 5.32 Å². The van der Waals surface area contributed by atoms with Crippen LogP contribution in [0.5, 0.6) is 0 Å². The number of hydrogen-bond acceptors (Lipinski definition) is 2. The summed E-state index contributed by atoms with van der Waals surface area (Å²) in [7, 11) is 0. The van der Waals surface area contributed by atoms with Gasteiger partial charge in [0.25, 0.3) is 0 Å². The van der Waals surface area contributed by atoms with Gasteiger partial charge in [0.2, 0.25) is 5.91 Å². The molecule has 17 heavy (non-hydrogen) atoms. The Balaban J connectivity index is 1.68. The van der Waals surface area contributed by atoms with E-state index in [0.717, 1.165) is 24.3 Å². The molecule has 1 aromatic rings. The van der Waals surface area contributed by atoms with Gasteiger partial charge in [0.05, 0.1) is 5.75 Å². The highest BCUT2D eigenvalue weighted by molar-refractivity contribution is 8.00. The minimum absolute atomic E-state index is 0.0928. The Morgan fingerprint density at radius 2 is 2.06 bits per heavy atom. The maximum absolute atomic E-state index is 11.6. The van der Waals surface area contributed by atoms with E-state index in [-0.39, 0.29) is 11.3 Å². The fraction of sp³-hybridized carbons (Fsp3) is 0.462. The van der Waals surface area contributed by atoms with Crippen molar-refractivity contribution in [3.05, 3.63) is 30.3 Å². The highest BCUT2D eigenvalue weighted by atomic mass is 35.5. The Bertz CT molecular complexity index is 378. The molecule has 0 heterocycles. The predicted octanol–water partition coefficient (Wildman–Crippen LogP) is 2.91. The zero-order valence-electron chi connectivity index (χ0n) is 9.62. The van der Waals surface area contributed by atoms with E-state index in [4.69, 9.17) is 11.6 Å². The van der Waals surface area contributed by atoms with Crippen LogP contribution in [0.15, 0.2) is 35.2 Å². The summed E-state index contributed by atoms with van der Waals surface area (Å²) in [5, 5.41) is 2.96. The van der Waals surface area contributed by atoms with Crippen molar-refractivity contribution in [2.45, 2.75) is 17.7 Å². The Hall–Kier alpha value is -0.670. The second-order valence-electron chi connectivity index (χ2n) is 4.51. The third-order valence-electron chi connectivity index (χ3n) is 3.01. The molecule has 2 rings (SSSR count). The summed E-state index contributed by atoms with van der Waals surface area (Å²) in [5.74, 6) is 1.22. The van der Waals surface area contributed by atoms with Crippen molar-refractivity contribution in [2.75, 3.05) is 18.2 Å². The second kappa shape index (κ2) is 5.78. The van der Waals surface area contributed by atoms with Crippen LogP contribution in [-0.4, -0.2) is 24.1 Å². The maximum atomic E-state index is 11.6. The second-order valence-corrected chi connectivity index (χ2v) is 5.83. The molecule has 1 aliphatic carbocycles. The van der Waals surface area contributed by atoms with E-state index in [2.05, 4.69) is 5.32 Å². The Morgan fingerprint density at radius 3 is 2.65 bits per heavy atom. The standard InChI is InChI=1S/C13H16ClNOS/c14-9-13(6-7-13)10-15-12(16)8-17-11-4-2-1-3-5-11/h1-5H,6-10H2,(H,15,16). The van der Waals surface area contributed by atoms with E-state index in [1.807, 2.05) is 30.3 Å². The summed E-state index contributed by atoms with van der Waals surface area (Å²) in [6.45, 7) is 0.727. The summed E-state index contributed by atoms with van der Waals surface area (Å²) < 4.78 is 0. The molecule has 1 aliphatic rings. The van der Waals surface area contributed by atoms with Gasteiger partial charge in [-0.25, -0.2) is 0 Å². The fourth-order valence-corrected chi connectivity index (χ4v) is 2.65. The van der Waals surface area contributed by atoms with Crippen molar-refractivity contribution in [2.24, 2.45) is 5.41 Å². The summed E-state index contributed by atoms with van der Waals surface area (Å²) in [4.78, 5) is 12.8. The molecule has 4 heteroatoms. The molecule has 0 saturated heterocycles. The fourth-order valence-electron chi connectivity index (χ4n) is 1.54. The van der Waals surface area contributed by atoms with Gasteiger partial charge in [-0.2, -0.15) is 0 Å². The molecule has 1 amide bonds. The minimum atomic E-state index is 0.0928. The van der Waals surface area contributed by atoms with E-state index in [1.54, 1.807) is 11.8 Å². The van der Waals surface area contributed by atoms with Crippen LogP contribution in [0.25, 0.3) is 0 Å². The van der Waals surface area contributed by atoms with Crippen LogP contribution < -0.4 is 5.32 Å². The number of halogens is 1. The Kier molecular flexibility index (Phi) is 4.35. The smallest absolute Gasteiger partial charge is 0.230 e. The molecular formula is C13H16ClNOS. The SMILES string of the molecule is O=C(CSc1ccccc1)NCC1(CCl)CC1. The molecule has 0 aromatic heterocycles. The average Bonchev–Trinajstić information content (AvgIpc) is 3.16. The monoisotopic (exact) mass is 269 g/mol. The normalized spacial score (nSPS) is 16.5. The lowest BCUT2D eigenvalue weighted by Crippen LogP contribution is -2.32. The topological polar surface area (TPSA) is 29.1 Å². The van der Waals surface area contributed by atoms with Gasteiger partial charge >= 0.3 is 0 Å². The van der Waals surface area contributed by atoms with Crippen LogP contribution in [0.4, 0.5) is 0 Å². The van der Waals surface area contributed by atoms with Gasteiger partial charge in [0.15, 0.2) is 0 Å². The number of rotatable bonds is 6. The maximum Gasteiger partial charge on any atom is 0.230 e. The van der Waals surface area contributed by atoms with Crippen molar-refractivity contribution < 1.29 is 4.79 Å². The first-order chi connectivity index (χ1) is 8.24. The number of nitrogens with one attached hydrogen (secondary N) is 1.